The Morgan fingerprint density at radius 2 is 1.17 bits per heavy atom. The Morgan fingerprint density at radius 3 is 1.25 bits per heavy atom. The predicted octanol–water partition coefficient (Wildman–Crippen LogP) is 4.20. The molecule has 0 radical (unpaired) electrons. The van der Waals surface area contributed by atoms with Crippen LogP contribution in [0.1, 0.15) is 54.9 Å². The van der Waals surface area contributed by atoms with Gasteiger partial charge in [0.25, 0.3) is 0 Å². The van der Waals surface area contributed by atoms with Crippen LogP contribution in [0, 0.1) is 10.8 Å². The van der Waals surface area contributed by atoms with Gasteiger partial charge < -0.3 is 0 Å². The predicted molar refractivity (Wildman–Crippen MR) is 53.0 cm³/mol. The van der Waals surface area contributed by atoms with E-state index in [1.807, 2.05) is 20.8 Å². The Hall–Kier alpha value is -0.0700. The summed E-state index contributed by atoms with van der Waals surface area (Å²) >= 11 is 0. The first-order chi connectivity index (χ1) is 4.96. The van der Waals surface area contributed by atoms with E-state index >= 15 is 0 Å². The van der Waals surface area contributed by atoms with E-state index in [1.165, 1.54) is 0 Å². The molecule has 0 aliphatic heterocycles. The van der Waals surface area contributed by atoms with Crippen molar-refractivity contribution in [1.29, 1.82) is 0 Å². The Morgan fingerprint density at radius 1 is 0.833 bits per heavy atom. The summed E-state index contributed by atoms with van der Waals surface area (Å²) in [5.74, 6) is 0. The maximum absolute atomic E-state index is 14.1. The molecule has 0 rings (SSSR count). The molecule has 0 saturated heterocycles. The summed E-state index contributed by atoms with van der Waals surface area (Å²) in [7, 11) is 0. The molecule has 74 valence electrons. The molecule has 1 unspecified atom stereocenters. The van der Waals surface area contributed by atoms with Crippen LogP contribution in [-0.2, 0) is 0 Å². The summed E-state index contributed by atoms with van der Waals surface area (Å²) in [5.41, 5.74) is -1.28. The summed E-state index contributed by atoms with van der Waals surface area (Å²) in [6, 6.07) is 0. The molecule has 1 heteroatoms. The third kappa shape index (κ3) is 3.55. The lowest BCUT2D eigenvalue weighted by molar-refractivity contribution is 0.00912. The summed E-state index contributed by atoms with van der Waals surface area (Å²) < 4.78 is 14.1. The first-order valence-corrected chi connectivity index (χ1v) is 4.65. The molecular formula is C11H23F. The Bertz CT molecular complexity index is 143. The Kier molecular flexibility index (Phi) is 2.99. The van der Waals surface area contributed by atoms with Gasteiger partial charge in [0.1, 0.15) is 5.67 Å². The van der Waals surface area contributed by atoms with Gasteiger partial charge in [-0.15, -0.1) is 0 Å². The van der Waals surface area contributed by atoms with Crippen LogP contribution < -0.4 is 0 Å². The normalized spacial score (nSPS) is 19.0. The zero-order valence-corrected chi connectivity index (χ0v) is 9.59. The van der Waals surface area contributed by atoms with E-state index in [9.17, 15) is 4.39 Å². The van der Waals surface area contributed by atoms with E-state index in [4.69, 9.17) is 0 Å². The van der Waals surface area contributed by atoms with E-state index in [0.29, 0.717) is 6.42 Å². The monoisotopic (exact) mass is 174 g/mol. The molecule has 0 spiro atoms. The fraction of sp³-hybridized carbons (Fsp3) is 1.00. The fourth-order valence-corrected chi connectivity index (χ4v) is 1.26. The second kappa shape index (κ2) is 3.01. The second-order valence-corrected chi connectivity index (χ2v) is 6.18. The minimum atomic E-state index is -1.08. The van der Waals surface area contributed by atoms with Gasteiger partial charge in [-0.2, -0.15) is 0 Å². The van der Waals surface area contributed by atoms with Crippen molar-refractivity contribution in [3.63, 3.8) is 0 Å². The standard InChI is InChI=1S/C11H23F/c1-9(2,3)8-11(7,12)10(4,5)6/h8H2,1-7H3. The molecule has 1 atom stereocenters. The lowest BCUT2D eigenvalue weighted by Crippen LogP contribution is -2.38. The van der Waals surface area contributed by atoms with Crippen LogP contribution in [0.4, 0.5) is 4.39 Å². The molecule has 0 saturated carbocycles. The zero-order chi connectivity index (χ0) is 10.2. The topological polar surface area (TPSA) is 0 Å². The molecule has 0 aromatic carbocycles. The highest BCUT2D eigenvalue weighted by atomic mass is 19.1. The second-order valence-electron chi connectivity index (χ2n) is 6.18. The van der Waals surface area contributed by atoms with E-state index in [0.717, 1.165) is 0 Å². The molecule has 0 bridgehead atoms. The van der Waals surface area contributed by atoms with Crippen LogP contribution in [0.2, 0.25) is 0 Å². The highest BCUT2D eigenvalue weighted by Crippen LogP contribution is 2.42. The number of alkyl halides is 1. The maximum atomic E-state index is 14.1. The van der Waals surface area contributed by atoms with Crippen LogP contribution in [0.15, 0.2) is 0 Å². The SMILES string of the molecule is CC(C)(C)CC(C)(F)C(C)(C)C. The number of rotatable bonds is 1. The van der Waals surface area contributed by atoms with Crippen molar-refractivity contribution in [2.45, 2.75) is 60.6 Å². The first-order valence-electron chi connectivity index (χ1n) is 4.65. The van der Waals surface area contributed by atoms with Crippen molar-refractivity contribution in [2.75, 3.05) is 0 Å². The van der Waals surface area contributed by atoms with Crippen molar-refractivity contribution < 1.29 is 4.39 Å². The summed E-state index contributed by atoms with van der Waals surface area (Å²) in [6.07, 6.45) is 0.615. The average Bonchev–Trinajstić information content (AvgIpc) is 1.52. The molecule has 0 aromatic rings. The smallest absolute Gasteiger partial charge is 0.113 e. The van der Waals surface area contributed by atoms with Gasteiger partial charge in [0.05, 0.1) is 0 Å². The summed E-state index contributed by atoms with van der Waals surface area (Å²) in [5, 5.41) is 0. The van der Waals surface area contributed by atoms with Crippen molar-refractivity contribution in [2.24, 2.45) is 10.8 Å². The molecule has 0 aromatic heterocycles. The minimum Gasteiger partial charge on any atom is -0.244 e. The van der Waals surface area contributed by atoms with Crippen LogP contribution in [-0.4, -0.2) is 5.67 Å². The van der Waals surface area contributed by atoms with Gasteiger partial charge in [-0.1, -0.05) is 41.5 Å². The third-order valence-corrected chi connectivity index (χ3v) is 2.43. The van der Waals surface area contributed by atoms with E-state index in [-0.39, 0.29) is 10.8 Å². The quantitative estimate of drug-likeness (QED) is 0.559. The molecular weight excluding hydrogens is 151 g/mol. The van der Waals surface area contributed by atoms with Gasteiger partial charge in [0.2, 0.25) is 0 Å². The van der Waals surface area contributed by atoms with Crippen molar-refractivity contribution in [3.8, 4) is 0 Å². The van der Waals surface area contributed by atoms with Crippen molar-refractivity contribution in [1.82, 2.24) is 0 Å². The van der Waals surface area contributed by atoms with Crippen LogP contribution in [0.25, 0.3) is 0 Å². The molecule has 0 fully saturated rings. The van der Waals surface area contributed by atoms with Crippen LogP contribution in [0.5, 0.6) is 0 Å². The number of hydrogen-bond acceptors (Lipinski definition) is 0. The molecule has 0 aliphatic carbocycles. The molecule has 0 heterocycles. The maximum Gasteiger partial charge on any atom is 0.113 e. The number of halogens is 1. The molecule has 0 N–H and O–H groups in total. The van der Waals surface area contributed by atoms with E-state index < -0.39 is 5.67 Å². The first kappa shape index (κ1) is 11.9. The highest BCUT2D eigenvalue weighted by Gasteiger charge is 2.40. The van der Waals surface area contributed by atoms with Crippen molar-refractivity contribution >= 4 is 0 Å². The molecule has 0 aliphatic rings. The molecule has 0 nitrogen and oxygen atoms in total. The van der Waals surface area contributed by atoms with Gasteiger partial charge in [-0.3, -0.25) is 0 Å². The van der Waals surface area contributed by atoms with Crippen molar-refractivity contribution in [3.05, 3.63) is 0 Å². The average molecular weight is 174 g/mol. The molecule has 0 amide bonds. The fourth-order valence-electron chi connectivity index (χ4n) is 1.26. The van der Waals surface area contributed by atoms with E-state index in [1.54, 1.807) is 6.92 Å². The summed E-state index contributed by atoms with van der Waals surface area (Å²) in [4.78, 5) is 0. The van der Waals surface area contributed by atoms with Gasteiger partial charge in [-0.25, -0.2) is 4.39 Å². The Balaban J connectivity index is 4.44. The highest BCUT2D eigenvalue weighted by molar-refractivity contribution is 4.90. The van der Waals surface area contributed by atoms with E-state index in [2.05, 4.69) is 20.8 Å². The lowest BCUT2D eigenvalue weighted by atomic mass is 9.71. The van der Waals surface area contributed by atoms with Gasteiger partial charge >= 0.3 is 0 Å². The van der Waals surface area contributed by atoms with Crippen LogP contribution in [0.3, 0.4) is 0 Å². The minimum absolute atomic E-state index is 0.0662. The van der Waals surface area contributed by atoms with Gasteiger partial charge in [0.15, 0.2) is 0 Å². The Labute approximate surface area is 76.6 Å². The zero-order valence-electron chi connectivity index (χ0n) is 9.59. The largest absolute Gasteiger partial charge is 0.244 e. The number of hydrogen-bond donors (Lipinski definition) is 0. The lowest BCUT2D eigenvalue weighted by Gasteiger charge is -2.39. The van der Waals surface area contributed by atoms with Gasteiger partial charge in [0, 0.05) is 0 Å². The third-order valence-electron chi connectivity index (χ3n) is 2.43. The van der Waals surface area contributed by atoms with Gasteiger partial charge in [-0.05, 0) is 24.2 Å². The molecule has 12 heavy (non-hydrogen) atoms. The van der Waals surface area contributed by atoms with Crippen LogP contribution >= 0.6 is 0 Å². The summed E-state index contributed by atoms with van der Waals surface area (Å²) in [6.45, 7) is 13.8.